The third kappa shape index (κ3) is 3.87. The molecule has 1 atom stereocenters. The first-order chi connectivity index (χ1) is 13.4. The van der Waals surface area contributed by atoms with Crippen LogP contribution in [0.4, 0.5) is 5.82 Å². The van der Waals surface area contributed by atoms with Crippen LogP contribution in [-0.4, -0.2) is 47.0 Å². The number of aryl methyl sites for hydroxylation is 2. The Morgan fingerprint density at radius 2 is 1.93 bits per heavy atom. The molecule has 0 aromatic carbocycles. The Kier molecular flexibility index (Phi) is 5.56. The summed E-state index contributed by atoms with van der Waals surface area (Å²) in [4.78, 5) is 28.8. The van der Waals surface area contributed by atoms with Crippen LogP contribution in [0.25, 0.3) is 10.2 Å². The van der Waals surface area contributed by atoms with E-state index >= 15 is 0 Å². The van der Waals surface area contributed by atoms with Gasteiger partial charge in [-0.15, -0.1) is 11.3 Å². The van der Waals surface area contributed by atoms with Gasteiger partial charge in [-0.1, -0.05) is 6.92 Å². The number of fused-ring (bicyclic) bond motifs is 1. The number of aromatic nitrogens is 2. The van der Waals surface area contributed by atoms with Crippen molar-refractivity contribution in [2.75, 3.05) is 31.1 Å². The van der Waals surface area contributed by atoms with E-state index in [9.17, 15) is 4.79 Å². The van der Waals surface area contributed by atoms with Gasteiger partial charge in [0, 0.05) is 18.0 Å². The van der Waals surface area contributed by atoms with E-state index in [1.165, 1.54) is 23.3 Å². The maximum absolute atomic E-state index is 11.8. The highest BCUT2D eigenvalue weighted by molar-refractivity contribution is 7.18. The predicted molar refractivity (Wildman–Crippen MR) is 115 cm³/mol. The van der Waals surface area contributed by atoms with Crippen molar-refractivity contribution in [3.8, 4) is 0 Å². The summed E-state index contributed by atoms with van der Waals surface area (Å²) in [6.07, 6.45) is 4.35. The van der Waals surface area contributed by atoms with E-state index < -0.39 is 0 Å². The summed E-state index contributed by atoms with van der Waals surface area (Å²) in [6.45, 7) is 11.3. The molecule has 2 aliphatic heterocycles. The van der Waals surface area contributed by atoms with Crippen molar-refractivity contribution in [1.82, 2.24) is 14.9 Å². The van der Waals surface area contributed by atoms with Crippen LogP contribution in [-0.2, 0) is 11.3 Å². The van der Waals surface area contributed by atoms with Crippen molar-refractivity contribution in [3.63, 3.8) is 0 Å². The summed E-state index contributed by atoms with van der Waals surface area (Å²) >= 11 is 1.75. The van der Waals surface area contributed by atoms with Crippen LogP contribution < -0.4 is 10.6 Å². The van der Waals surface area contributed by atoms with Crippen molar-refractivity contribution >= 4 is 33.3 Å². The Hall–Kier alpha value is -1.73. The van der Waals surface area contributed by atoms with E-state index in [1.54, 1.807) is 11.3 Å². The lowest BCUT2D eigenvalue weighted by Gasteiger charge is -2.33. The van der Waals surface area contributed by atoms with Crippen LogP contribution in [0.5, 0.6) is 0 Å². The van der Waals surface area contributed by atoms with Crippen LogP contribution in [0.15, 0.2) is 0 Å². The van der Waals surface area contributed by atoms with Gasteiger partial charge in [-0.05, 0) is 64.1 Å². The Morgan fingerprint density at radius 3 is 2.64 bits per heavy atom. The van der Waals surface area contributed by atoms with Crippen LogP contribution in [0.3, 0.4) is 0 Å². The highest BCUT2D eigenvalue weighted by Gasteiger charge is 2.28. The summed E-state index contributed by atoms with van der Waals surface area (Å²) in [5.74, 6) is 2.43. The molecule has 4 rings (SSSR count). The minimum absolute atomic E-state index is 0.0918. The van der Waals surface area contributed by atoms with E-state index in [4.69, 9.17) is 15.7 Å². The summed E-state index contributed by atoms with van der Waals surface area (Å²) < 4.78 is 0. The molecule has 7 heteroatoms. The number of carbonyl (C=O) groups is 1. The molecule has 2 aromatic heterocycles. The van der Waals surface area contributed by atoms with E-state index in [2.05, 4.69) is 30.6 Å². The first kappa shape index (κ1) is 19.6. The molecule has 28 heavy (non-hydrogen) atoms. The predicted octanol–water partition coefficient (Wildman–Crippen LogP) is 3.24. The molecule has 2 aliphatic rings. The van der Waals surface area contributed by atoms with Crippen LogP contribution in [0, 0.1) is 25.7 Å². The van der Waals surface area contributed by atoms with Gasteiger partial charge in [-0.25, -0.2) is 9.97 Å². The summed E-state index contributed by atoms with van der Waals surface area (Å²) in [5.41, 5.74) is 6.87. The van der Waals surface area contributed by atoms with E-state index in [0.717, 1.165) is 66.8 Å². The number of carbonyl (C=O) groups excluding carboxylic acids is 1. The lowest BCUT2D eigenvalue weighted by atomic mass is 9.97. The average Bonchev–Trinajstić information content (AvgIpc) is 2.97. The van der Waals surface area contributed by atoms with Crippen molar-refractivity contribution in [2.45, 2.75) is 53.0 Å². The first-order valence-electron chi connectivity index (χ1n) is 10.5. The van der Waals surface area contributed by atoms with Gasteiger partial charge in [-0.2, -0.15) is 0 Å². The normalized spacial score (nSPS) is 22.1. The minimum atomic E-state index is -0.198. The van der Waals surface area contributed by atoms with Crippen molar-refractivity contribution in [2.24, 2.45) is 17.6 Å². The molecule has 0 radical (unpaired) electrons. The number of thiophene rings is 1. The zero-order chi connectivity index (χ0) is 19.8. The second-order valence-corrected chi connectivity index (χ2v) is 9.78. The van der Waals surface area contributed by atoms with Gasteiger partial charge in [0.05, 0.1) is 17.8 Å². The molecule has 6 nitrogen and oxygen atoms in total. The number of primary amides is 1. The molecular weight excluding hydrogens is 370 g/mol. The molecule has 4 heterocycles. The van der Waals surface area contributed by atoms with Crippen molar-refractivity contribution in [1.29, 1.82) is 0 Å². The molecule has 2 fully saturated rings. The zero-order valence-corrected chi connectivity index (χ0v) is 18.0. The number of nitrogens with zero attached hydrogens (tertiary/aromatic N) is 4. The Labute approximate surface area is 171 Å². The fourth-order valence-corrected chi connectivity index (χ4v) is 5.44. The van der Waals surface area contributed by atoms with E-state index in [0.29, 0.717) is 6.54 Å². The number of likely N-dealkylation sites (tertiary alicyclic amines) is 1. The molecule has 0 bridgehead atoms. The van der Waals surface area contributed by atoms with Crippen LogP contribution >= 0.6 is 11.3 Å². The highest BCUT2D eigenvalue weighted by atomic mass is 32.1. The molecular formula is C21H31N5OS. The van der Waals surface area contributed by atoms with Crippen molar-refractivity contribution < 1.29 is 4.79 Å². The van der Waals surface area contributed by atoms with Gasteiger partial charge in [0.25, 0.3) is 0 Å². The first-order valence-corrected chi connectivity index (χ1v) is 11.3. The number of piperidine rings is 2. The largest absolute Gasteiger partial charge is 0.369 e. The van der Waals surface area contributed by atoms with Crippen LogP contribution in [0.1, 0.15) is 48.9 Å². The molecule has 0 spiro atoms. The van der Waals surface area contributed by atoms with E-state index in [1.807, 2.05) is 0 Å². The summed E-state index contributed by atoms with van der Waals surface area (Å²) in [5, 5.41) is 1.16. The number of anilines is 1. The Balaban J connectivity index is 1.68. The lowest BCUT2D eigenvalue weighted by Crippen LogP contribution is -2.41. The zero-order valence-electron chi connectivity index (χ0n) is 17.2. The molecule has 0 aliphatic carbocycles. The van der Waals surface area contributed by atoms with E-state index in [-0.39, 0.29) is 11.8 Å². The number of amides is 1. The Bertz CT molecular complexity index is 871. The van der Waals surface area contributed by atoms with Gasteiger partial charge in [-0.3, -0.25) is 9.69 Å². The van der Waals surface area contributed by atoms with Crippen molar-refractivity contribution in [3.05, 3.63) is 16.3 Å². The number of nitrogens with two attached hydrogens (primary N) is 1. The molecule has 0 saturated carbocycles. The molecule has 2 aromatic rings. The number of hydrogen-bond donors (Lipinski definition) is 1. The van der Waals surface area contributed by atoms with Gasteiger partial charge >= 0.3 is 0 Å². The topological polar surface area (TPSA) is 75.3 Å². The fraction of sp³-hybridized carbons (Fsp3) is 0.667. The third-order valence-corrected chi connectivity index (χ3v) is 7.52. The third-order valence-electron chi connectivity index (χ3n) is 6.42. The Morgan fingerprint density at radius 1 is 1.18 bits per heavy atom. The monoisotopic (exact) mass is 401 g/mol. The maximum Gasteiger partial charge on any atom is 0.222 e. The summed E-state index contributed by atoms with van der Waals surface area (Å²) in [7, 11) is 0. The summed E-state index contributed by atoms with van der Waals surface area (Å²) in [6, 6.07) is 0. The van der Waals surface area contributed by atoms with Crippen LogP contribution in [0.2, 0.25) is 0 Å². The van der Waals surface area contributed by atoms with Gasteiger partial charge < -0.3 is 10.6 Å². The molecule has 152 valence electrons. The fourth-order valence-electron chi connectivity index (χ4n) is 4.39. The second kappa shape index (κ2) is 7.95. The SMILES string of the molecule is Cc1sc2nc(CN3CCC(C)CC3)nc(N3CCCC(C(N)=O)C3)c2c1C. The molecule has 1 amide bonds. The highest BCUT2D eigenvalue weighted by Crippen LogP contribution is 2.36. The standard InChI is InChI=1S/C21H31N5OS/c1-13-6-9-25(10-7-13)12-17-23-20(18-14(2)15(3)28-21(18)24-17)26-8-4-5-16(11-26)19(22)27/h13,16H,4-12H2,1-3H3,(H2,22,27). The lowest BCUT2D eigenvalue weighted by molar-refractivity contribution is -0.122. The second-order valence-electron chi connectivity index (χ2n) is 8.57. The number of hydrogen-bond acceptors (Lipinski definition) is 6. The molecule has 2 N–H and O–H groups in total. The molecule has 1 unspecified atom stereocenters. The quantitative estimate of drug-likeness (QED) is 0.851. The average molecular weight is 402 g/mol. The van der Waals surface area contributed by atoms with Gasteiger partial charge in [0.1, 0.15) is 16.5 Å². The van der Waals surface area contributed by atoms with Gasteiger partial charge in [0.15, 0.2) is 0 Å². The smallest absolute Gasteiger partial charge is 0.222 e. The maximum atomic E-state index is 11.8. The minimum Gasteiger partial charge on any atom is -0.369 e. The van der Waals surface area contributed by atoms with Gasteiger partial charge in [0.2, 0.25) is 5.91 Å². The molecule has 2 saturated heterocycles. The number of rotatable bonds is 4.